The van der Waals surface area contributed by atoms with Crippen LogP contribution in [-0.2, 0) is 10.2 Å². The van der Waals surface area contributed by atoms with Gasteiger partial charge >= 0.3 is 0 Å². The number of carbonyl (C=O) groups is 1. The number of anilines is 1. The third-order valence-electron chi connectivity index (χ3n) is 3.09. The summed E-state index contributed by atoms with van der Waals surface area (Å²) in [5, 5.41) is 9.43. The van der Waals surface area contributed by atoms with Crippen LogP contribution in [0.4, 0.5) is 5.69 Å². The minimum absolute atomic E-state index is 0.0644. The van der Waals surface area contributed by atoms with E-state index in [1.165, 1.54) is 0 Å². The molecule has 16 heavy (non-hydrogen) atoms. The van der Waals surface area contributed by atoms with Gasteiger partial charge in [0.1, 0.15) is 0 Å². The first-order valence-corrected chi connectivity index (χ1v) is 5.54. The number of amides is 1. The van der Waals surface area contributed by atoms with E-state index in [-0.39, 0.29) is 5.91 Å². The number of benzene rings is 1. The fourth-order valence-electron chi connectivity index (χ4n) is 2.25. The van der Waals surface area contributed by atoms with Crippen LogP contribution in [0, 0.1) is 0 Å². The maximum absolute atomic E-state index is 12.2. The van der Waals surface area contributed by atoms with Gasteiger partial charge in [-0.1, -0.05) is 18.2 Å². The van der Waals surface area contributed by atoms with E-state index in [2.05, 4.69) is 0 Å². The molecule has 2 rings (SSSR count). The molecule has 0 saturated heterocycles. The van der Waals surface area contributed by atoms with Gasteiger partial charge in [0.05, 0.1) is 18.1 Å². The number of aliphatic hydroxyl groups excluding tert-OH is 1. The standard InChI is InChI=1S/C13H17NO2/c1-9(15)8-14-11-7-5-4-6-10(11)13(2,3)12(14)16/h4-7,9,15H,8H2,1-3H3/t9-/m0/s1. The molecule has 86 valence electrons. The second kappa shape index (κ2) is 3.59. The molecule has 0 saturated carbocycles. The van der Waals surface area contributed by atoms with E-state index in [4.69, 9.17) is 0 Å². The molecular weight excluding hydrogens is 202 g/mol. The smallest absolute Gasteiger partial charge is 0.237 e. The second-order valence-electron chi connectivity index (χ2n) is 4.91. The first kappa shape index (κ1) is 11.1. The molecule has 0 spiro atoms. The molecule has 3 heteroatoms. The first-order valence-electron chi connectivity index (χ1n) is 5.54. The third-order valence-corrected chi connectivity index (χ3v) is 3.09. The zero-order valence-corrected chi connectivity index (χ0v) is 9.90. The van der Waals surface area contributed by atoms with E-state index in [9.17, 15) is 9.90 Å². The summed E-state index contributed by atoms with van der Waals surface area (Å²) >= 11 is 0. The lowest BCUT2D eigenvalue weighted by atomic mass is 9.86. The van der Waals surface area contributed by atoms with Crippen molar-refractivity contribution in [1.29, 1.82) is 0 Å². The van der Waals surface area contributed by atoms with Crippen LogP contribution in [0.25, 0.3) is 0 Å². The van der Waals surface area contributed by atoms with Gasteiger partial charge in [0.2, 0.25) is 5.91 Å². The van der Waals surface area contributed by atoms with Crippen molar-refractivity contribution in [3.8, 4) is 0 Å². The summed E-state index contributed by atoms with van der Waals surface area (Å²) in [6.45, 7) is 5.91. The van der Waals surface area contributed by atoms with Gasteiger partial charge in [-0.05, 0) is 32.4 Å². The molecular formula is C13H17NO2. The highest BCUT2D eigenvalue weighted by Crippen LogP contribution is 2.41. The van der Waals surface area contributed by atoms with Crippen LogP contribution in [0.1, 0.15) is 26.3 Å². The van der Waals surface area contributed by atoms with Crippen molar-refractivity contribution in [3.63, 3.8) is 0 Å². The van der Waals surface area contributed by atoms with Crippen LogP contribution in [0.5, 0.6) is 0 Å². The van der Waals surface area contributed by atoms with Crippen molar-refractivity contribution in [2.75, 3.05) is 11.4 Å². The lowest BCUT2D eigenvalue weighted by Gasteiger charge is -2.21. The Balaban J connectivity index is 2.47. The number of hydrogen-bond donors (Lipinski definition) is 1. The van der Waals surface area contributed by atoms with E-state index >= 15 is 0 Å². The van der Waals surface area contributed by atoms with Gasteiger partial charge in [0.15, 0.2) is 0 Å². The fraction of sp³-hybridized carbons (Fsp3) is 0.462. The number of nitrogens with zero attached hydrogens (tertiary/aromatic N) is 1. The van der Waals surface area contributed by atoms with E-state index in [0.717, 1.165) is 11.3 Å². The number of carbonyl (C=O) groups excluding carboxylic acids is 1. The van der Waals surface area contributed by atoms with Crippen LogP contribution in [0.15, 0.2) is 24.3 Å². The highest BCUT2D eigenvalue weighted by Gasteiger charge is 2.43. The number of fused-ring (bicyclic) bond motifs is 1. The number of aliphatic hydroxyl groups is 1. The van der Waals surface area contributed by atoms with Crippen LogP contribution >= 0.6 is 0 Å². The summed E-state index contributed by atoms with van der Waals surface area (Å²) in [4.78, 5) is 13.9. The summed E-state index contributed by atoms with van der Waals surface area (Å²) in [7, 11) is 0. The van der Waals surface area contributed by atoms with Gasteiger partial charge in [-0.15, -0.1) is 0 Å². The summed E-state index contributed by atoms with van der Waals surface area (Å²) in [6.07, 6.45) is -0.508. The number of hydrogen-bond acceptors (Lipinski definition) is 2. The Morgan fingerprint density at radius 1 is 1.38 bits per heavy atom. The Morgan fingerprint density at radius 3 is 2.62 bits per heavy atom. The second-order valence-corrected chi connectivity index (χ2v) is 4.91. The number of β-amino-alcohol motifs (C(OH)–C–C–N with tert-alkyl or cyclic N) is 1. The topological polar surface area (TPSA) is 40.5 Å². The zero-order chi connectivity index (χ0) is 11.9. The molecule has 0 unspecified atom stereocenters. The predicted molar refractivity (Wildman–Crippen MR) is 63.5 cm³/mol. The van der Waals surface area contributed by atoms with Gasteiger partial charge < -0.3 is 10.0 Å². The van der Waals surface area contributed by atoms with Crippen molar-refractivity contribution in [2.24, 2.45) is 0 Å². The van der Waals surface area contributed by atoms with Crippen molar-refractivity contribution in [3.05, 3.63) is 29.8 Å². The van der Waals surface area contributed by atoms with Crippen molar-refractivity contribution >= 4 is 11.6 Å². The van der Waals surface area contributed by atoms with Gasteiger partial charge in [-0.2, -0.15) is 0 Å². The predicted octanol–water partition coefficient (Wildman–Crippen LogP) is 1.69. The maximum atomic E-state index is 12.2. The minimum atomic E-state index is -0.508. The molecule has 1 aromatic carbocycles. The molecule has 3 nitrogen and oxygen atoms in total. The molecule has 0 aliphatic carbocycles. The van der Waals surface area contributed by atoms with Gasteiger partial charge in [-0.3, -0.25) is 4.79 Å². The SMILES string of the molecule is C[C@H](O)CN1C(=O)C(C)(C)c2ccccc21. The summed E-state index contributed by atoms with van der Waals surface area (Å²) in [6, 6.07) is 7.78. The van der Waals surface area contributed by atoms with Gasteiger partial charge in [0, 0.05) is 5.69 Å². The minimum Gasteiger partial charge on any atom is -0.392 e. The molecule has 1 atom stereocenters. The highest BCUT2D eigenvalue weighted by atomic mass is 16.3. The van der Waals surface area contributed by atoms with Crippen LogP contribution < -0.4 is 4.90 Å². The molecule has 1 heterocycles. The van der Waals surface area contributed by atoms with Crippen LogP contribution in [0.3, 0.4) is 0 Å². The van der Waals surface area contributed by atoms with Crippen molar-refractivity contribution in [1.82, 2.24) is 0 Å². The Kier molecular flexibility index (Phi) is 2.50. The quantitative estimate of drug-likeness (QED) is 0.822. The Morgan fingerprint density at radius 2 is 2.00 bits per heavy atom. The van der Waals surface area contributed by atoms with E-state index < -0.39 is 11.5 Å². The Hall–Kier alpha value is -1.35. The first-order chi connectivity index (χ1) is 7.44. The average molecular weight is 219 g/mol. The molecule has 1 aliphatic heterocycles. The van der Waals surface area contributed by atoms with Gasteiger partial charge in [-0.25, -0.2) is 0 Å². The fourth-order valence-corrected chi connectivity index (χ4v) is 2.25. The van der Waals surface area contributed by atoms with Crippen molar-refractivity contribution in [2.45, 2.75) is 32.3 Å². The summed E-state index contributed by atoms with van der Waals surface area (Å²) in [5.74, 6) is 0.0644. The molecule has 0 bridgehead atoms. The maximum Gasteiger partial charge on any atom is 0.237 e. The summed E-state index contributed by atoms with van der Waals surface area (Å²) < 4.78 is 0. The Labute approximate surface area is 95.7 Å². The molecule has 0 aromatic heterocycles. The molecule has 0 fully saturated rings. The van der Waals surface area contributed by atoms with E-state index in [0.29, 0.717) is 6.54 Å². The van der Waals surface area contributed by atoms with Crippen molar-refractivity contribution < 1.29 is 9.90 Å². The number of para-hydroxylation sites is 1. The van der Waals surface area contributed by atoms with Crippen LogP contribution in [-0.4, -0.2) is 23.7 Å². The lowest BCUT2D eigenvalue weighted by molar-refractivity contribution is -0.122. The zero-order valence-electron chi connectivity index (χ0n) is 9.90. The monoisotopic (exact) mass is 219 g/mol. The van der Waals surface area contributed by atoms with Crippen LogP contribution in [0.2, 0.25) is 0 Å². The normalized spacial score (nSPS) is 19.8. The molecule has 1 aliphatic rings. The largest absolute Gasteiger partial charge is 0.392 e. The third kappa shape index (κ3) is 1.52. The van der Waals surface area contributed by atoms with Gasteiger partial charge in [0.25, 0.3) is 0 Å². The molecule has 1 N–H and O–H groups in total. The van der Waals surface area contributed by atoms with E-state index in [1.54, 1.807) is 11.8 Å². The molecule has 1 aromatic rings. The molecule has 0 radical (unpaired) electrons. The highest BCUT2D eigenvalue weighted by molar-refractivity contribution is 6.07. The number of rotatable bonds is 2. The lowest BCUT2D eigenvalue weighted by Crippen LogP contribution is -2.39. The Bertz CT molecular complexity index is 424. The van der Waals surface area contributed by atoms with E-state index in [1.807, 2.05) is 38.1 Å². The summed E-state index contributed by atoms with van der Waals surface area (Å²) in [5.41, 5.74) is 1.49. The average Bonchev–Trinajstić information content (AvgIpc) is 2.41. The molecule has 1 amide bonds.